The van der Waals surface area contributed by atoms with Crippen molar-refractivity contribution in [3.8, 4) is 0 Å². The minimum atomic E-state index is -3.36. The highest BCUT2D eigenvalue weighted by molar-refractivity contribution is 7.90. The molecule has 3 fully saturated rings. The molecule has 168 valence electrons. The van der Waals surface area contributed by atoms with Crippen LogP contribution in [0.15, 0.2) is 29.2 Å². The highest BCUT2D eigenvalue weighted by atomic mass is 32.2. The Balaban J connectivity index is 1.55. The quantitative estimate of drug-likeness (QED) is 0.725. The Morgan fingerprint density at radius 3 is 2.42 bits per heavy atom. The van der Waals surface area contributed by atoms with Crippen LogP contribution < -0.4 is 5.32 Å². The van der Waals surface area contributed by atoms with Gasteiger partial charge < -0.3 is 15.0 Å². The van der Waals surface area contributed by atoms with E-state index in [-0.39, 0.29) is 46.7 Å². The summed E-state index contributed by atoms with van der Waals surface area (Å²) < 4.78 is 28.9. The third-order valence-electron chi connectivity index (χ3n) is 6.69. The smallest absolute Gasteiger partial charge is 0.251 e. The zero-order valence-electron chi connectivity index (χ0n) is 17.7. The predicted octanol–water partition coefficient (Wildman–Crippen LogP) is 1.19. The molecule has 1 N–H and O–H groups in total. The van der Waals surface area contributed by atoms with Crippen LogP contribution in [0.3, 0.4) is 0 Å². The first-order valence-corrected chi connectivity index (χ1v) is 12.6. The second-order valence-corrected chi connectivity index (χ2v) is 11.0. The number of sulfone groups is 1. The number of hydrogen-bond acceptors (Lipinski definition) is 6. The standard InChI is InChI=1S/C22H28N2O6S/c1-13-11-24(19-17(25)12-30-20(13)19)22(27)18(14-5-3-4-6-14)23-21(26)15-7-9-16(10-8-15)31(2,28)29/h7-10,13-14,18-20H,3-6,11-12H2,1-2H3,(H,23,26)/t13-,18-,19+,20+/m0/s1. The topological polar surface area (TPSA) is 110 Å². The summed E-state index contributed by atoms with van der Waals surface area (Å²) in [6.07, 6.45) is 4.50. The Hall–Kier alpha value is -2.26. The number of rotatable bonds is 5. The van der Waals surface area contributed by atoms with E-state index in [2.05, 4.69) is 5.32 Å². The molecule has 2 aliphatic heterocycles. The average molecular weight is 449 g/mol. The minimum Gasteiger partial charge on any atom is -0.367 e. The molecular weight excluding hydrogens is 420 g/mol. The molecule has 4 atom stereocenters. The van der Waals surface area contributed by atoms with Crippen molar-refractivity contribution < 1.29 is 27.5 Å². The van der Waals surface area contributed by atoms with Crippen LogP contribution in [0.1, 0.15) is 43.0 Å². The highest BCUT2D eigenvalue weighted by Crippen LogP contribution is 2.34. The number of carbonyl (C=O) groups excluding carboxylic acids is 3. The fourth-order valence-electron chi connectivity index (χ4n) is 5.05. The maximum absolute atomic E-state index is 13.5. The van der Waals surface area contributed by atoms with Gasteiger partial charge in [0.2, 0.25) is 5.91 Å². The zero-order valence-corrected chi connectivity index (χ0v) is 18.6. The lowest BCUT2D eigenvalue weighted by Crippen LogP contribution is -2.54. The molecule has 9 heteroatoms. The van der Waals surface area contributed by atoms with Gasteiger partial charge in [0, 0.05) is 24.3 Å². The highest BCUT2D eigenvalue weighted by Gasteiger charge is 2.52. The van der Waals surface area contributed by atoms with E-state index in [1.807, 2.05) is 6.92 Å². The van der Waals surface area contributed by atoms with Crippen LogP contribution in [0.4, 0.5) is 0 Å². The van der Waals surface area contributed by atoms with Gasteiger partial charge in [0.1, 0.15) is 18.7 Å². The summed E-state index contributed by atoms with van der Waals surface area (Å²) in [4.78, 5) is 40.6. The van der Waals surface area contributed by atoms with Gasteiger partial charge in [0.15, 0.2) is 15.6 Å². The summed E-state index contributed by atoms with van der Waals surface area (Å²) >= 11 is 0. The Morgan fingerprint density at radius 1 is 1.16 bits per heavy atom. The number of likely N-dealkylation sites (tertiary alicyclic amines) is 1. The fraction of sp³-hybridized carbons (Fsp3) is 0.591. The molecule has 1 saturated carbocycles. The van der Waals surface area contributed by atoms with Crippen molar-refractivity contribution in [2.75, 3.05) is 19.4 Å². The number of Topliss-reactive ketones (excluding diaryl/α,β-unsaturated/α-hetero) is 1. The molecule has 0 bridgehead atoms. The molecule has 0 aromatic heterocycles. The van der Waals surface area contributed by atoms with Gasteiger partial charge in [0.25, 0.3) is 5.91 Å². The maximum Gasteiger partial charge on any atom is 0.251 e. The van der Waals surface area contributed by atoms with E-state index < -0.39 is 27.8 Å². The van der Waals surface area contributed by atoms with Crippen LogP contribution in [-0.4, -0.2) is 68.5 Å². The van der Waals surface area contributed by atoms with Crippen LogP contribution in [0.2, 0.25) is 0 Å². The molecule has 1 aromatic carbocycles. The number of hydrogen-bond donors (Lipinski definition) is 1. The summed E-state index contributed by atoms with van der Waals surface area (Å²) in [7, 11) is -3.36. The number of carbonyl (C=O) groups is 3. The fourth-order valence-corrected chi connectivity index (χ4v) is 5.68. The molecule has 31 heavy (non-hydrogen) atoms. The second kappa shape index (κ2) is 8.35. The summed E-state index contributed by atoms with van der Waals surface area (Å²) in [6, 6.07) is 4.38. The van der Waals surface area contributed by atoms with Gasteiger partial charge in [-0.25, -0.2) is 8.42 Å². The SMILES string of the molecule is C[C@H]1CN(C(=O)[C@@H](NC(=O)c2ccc(S(C)(=O)=O)cc2)C2CCCC2)[C@@H]2C(=O)CO[C@@H]21. The van der Waals surface area contributed by atoms with Crippen LogP contribution in [0.5, 0.6) is 0 Å². The summed E-state index contributed by atoms with van der Waals surface area (Å²) in [5.41, 5.74) is 0.288. The lowest BCUT2D eigenvalue weighted by atomic mass is 9.95. The maximum atomic E-state index is 13.5. The van der Waals surface area contributed by atoms with Crippen molar-refractivity contribution in [3.63, 3.8) is 0 Å². The van der Waals surface area contributed by atoms with Crippen molar-refractivity contribution in [2.24, 2.45) is 11.8 Å². The number of ketones is 1. The van der Waals surface area contributed by atoms with E-state index in [0.29, 0.717) is 6.54 Å². The summed E-state index contributed by atoms with van der Waals surface area (Å²) in [5.74, 6) is -0.674. The third kappa shape index (κ3) is 4.25. The molecule has 2 heterocycles. The van der Waals surface area contributed by atoms with E-state index >= 15 is 0 Å². The van der Waals surface area contributed by atoms with Crippen LogP contribution >= 0.6 is 0 Å². The van der Waals surface area contributed by atoms with Gasteiger partial charge in [-0.2, -0.15) is 0 Å². The van der Waals surface area contributed by atoms with Gasteiger partial charge in [-0.05, 0) is 43.0 Å². The van der Waals surface area contributed by atoms with Crippen molar-refractivity contribution >= 4 is 27.4 Å². The lowest BCUT2D eigenvalue weighted by molar-refractivity contribution is -0.139. The Labute approximate surface area is 182 Å². The van der Waals surface area contributed by atoms with E-state index in [1.54, 1.807) is 4.90 Å². The number of fused-ring (bicyclic) bond motifs is 1. The lowest BCUT2D eigenvalue weighted by Gasteiger charge is -2.30. The van der Waals surface area contributed by atoms with E-state index in [0.717, 1.165) is 31.9 Å². The molecule has 1 aliphatic carbocycles. The monoisotopic (exact) mass is 448 g/mol. The molecule has 0 spiro atoms. The van der Waals surface area contributed by atoms with E-state index in [9.17, 15) is 22.8 Å². The molecule has 3 aliphatic rings. The Morgan fingerprint density at radius 2 is 1.81 bits per heavy atom. The molecule has 0 unspecified atom stereocenters. The number of nitrogens with zero attached hydrogens (tertiary/aromatic N) is 1. The number of ether oxygens (including phenoxy) is 1. The van der Waals surface area contributed by atoms with Crippen LogP contribution in [-0.2, 0) is 24.2 Å². The summed E-state index contributed by atoms with van der Waals surface area (Å²) in [6.45, 7) is 2.43. The van der Waals surface area contributed by atoms with E-state index in [4.69, 9.17) is 4.74 Å². The van der Waals surface area contributed by atoms with Crippen molar-refractivity contribution in [1.29, 1.82) is 0 Å². The van der Waals surface area contributed by atoms with Crippen molar-refractivity contribution in [3.05, 3.63) is 29.8 Å². The number of nitrogens with one attached hydrogen (secondary N) is 1. The zero-order chi connectivity index (χ0) is 22.3. The van der Waals surface area contributed by atoms with Gasteiger partial charge in [-0.1, -0.05) is 19.8 Å². The van der Waals surface area contributed by atoms with E-state index in [1.165, 1.54) is 24.3 Å². The van der Waals surface area contributed by atoms with Gasteiger partial charge >= 0.3 is 0 Å². The first kappa shape index (κ1) is 22.0. The van der Waals surface area contributed by atoms with Gasteiger partial charge in [-0.15, -0.1) is 0 Å². The van der Waals surface area contributed by atoms with Crippen molar-refractivity contribution in [1.82, 2.24) is 10.2 Å². The Kier molecular flexibility index (Phi) is 5.91. The third-order valence-corrected chi connectivity index (χ3v) is 7.82. The normalized spacial score (nSPS) is 27.4. The molecule has 2 amide bonds. The number of benzene rings is 1. The first-order chi connectivity index (χ1) is 14.7. The van der Waals surface area contributed by atoms with Crippen LogP contribution in [0, 0.1) is 11.8 Å². The van der Waals surface area contributed by atoms with Gasteiger partial charge in [-0.3, -0.25) is 14.4 Å². The second-order valence-electron chi connectivity index (χ2n) is 8.95. The molecule has 1 aromatic rings. The molecular formula is C22H28N2O6S. The molecule has 2 saturated heterocycles. The summed E-state index contributed by atoms with van der Waals surface area (Å²) in [5, 5.41) is 2.89. The molecule has 0 radical (unpaired) electrons. The average Bonchev–Trinajstić information content (AvgIpc) is 3.45. The molecule has 8 nitrogen and oxygen atoms in total. The largest absolute Gasteiger partial charge is 0.367 e. The Bertz CT molecular complexity index is 984. The molecule has 4 rings (SSSR count). The predicted molar refractivity (Wildman–Crippen MR) is 112 cm³/mol. The first-order valence-electron chi connectivity index (χ1n) is 10.7. The number of amides is 2. The van der Waals surface area contributed by atoms with Gasteiger partial charge in [0.05, 0.1) is 11.0 Å². The van der Waals surface area contributed by atoms with Crippen LogP contribution in [0.25, 0.3) is 0 Å². The minimum absolute atomic E-state index is 0.0125. The van der Waals surface area contributed by atoms with Crippen molar-refractivity contribution in [2.45, 2.75) is 55.7 Å².